The molecule has 1 unspecified atom stereocenters. The SMILES string of the molecule is CCN1CCN(C(=O)NC(c2ccccc2)C(C)C)CC1. The number of benzene rings is 1. The van der Waals surface area contributed by atoms with Crippen molar-refractivity contribution in [2.75, 3.05) is 32.7 Å². The van der Waals surface area contributed by atoms with Gasteiger partial charge in [-0.05, 0) is 18.0 Å². The number of carbonyl (C=O) groups is 1. The maximum atomic E-state index is 12.5. The molecule has 0 saturated carbocycles. The van der Waals surface area contributed by atoms with E-state index in [4.69, 9.17) is 0 Å². The van der Waals surface area contributed by atoms with Crippen molar-refractivity contribution in [3.63, 3.8) is 0 Å². The molecule has 1 aliphatic rings. The number of rotatable bonds is 4. The largest absolute Gasteiger partial charge is 0.331 e. The first-order valence-corrected chi connectivity index (χ1v) is 7.94. The van der Waals surface area contributed by atoms with E-state index in [1.165, 1.54) is 5.56 Å². The molecule has 4 heteroatoms. The molecule has 21 heavy (non-hydrogen) atoms. The van der Waals surface area contributed by atoms with Gasteiger partial charge in [-0.25, -0.2) is 4.79 Å². The molecule has 1 fully saturated rings. The first-order chi connectivity index (χ1) is 10.1. The van der Waals surface area contributed by atoms with Crippen molar-refractivity contribution in [2.24, 2.45) is 5.92 Å². The number of hydrogen-bond donors (Lipinski definition) is 1. The van der Waals surface area contributed by atoms with E-state index in [-0.39, 0.29) is 12.1 Å². The molecule has 116 valence electrons. The molecule has 1 aromatic carbocycles. The normalized spacial score (nSPS) is 17.8. The number of nitrogens with zero attached hydrogens (tertiary/aromatic N) is 2. The Labute approximate surface area is 128 Å². The van der Waals surface area contributed by atoms with Gasteiger partial charge < -0.3 is 15.1 Å². The van der Waals surface area contributed by atoms with Gasteiger partial charge in [0.25, 0.3) is 0 Å². The van der Waals surface area contributed by atoms with Gasteiger partial charge in [-0.3, -0.25) is 0 Å². The second kappa shape index (κ2) is 7.46. The highest BCUT2D eigenvalue weighted by Gasteiger charge is 2.24. The second-order valence-electron chi connectivity index (χ2n) is 6.00. The fraction of sp³-hybridized carbons (Fsp3) is 0.588. The standard InChI is InChI=1S/C17H27N3O/c1-4-19-10-12-20(13-11-19)17(21)18-16(14(2)3)15-8-6-5-7-9-15/h5-9,14,16H,4,10-13H2,1-3H3,(H,18,21). The van der Waals surface area contributed by atoms with E-state index in [1.807, 2.05) is 23.1 Å². The summed E-state index contributed by atoms with van der Waals surface area (Å²) in [5, 5.41) is 3.20. The van der Waals surface area contributed by atoms with Gasteiger partial charge in [-0.15, -0.1) is 0 Å². The topological polar surface area (TPSA) is 35.6 Å². The zero-order valence-corrected chi connectivity index (χ0v) is 13.4. The summed E-state index contributed by atoms with van der Waals surface area (Å²) < 4.78 is 0. The lowest BCUT2D eigenvalue weighted by Gasteiger charge is -2.35. The van der Waals surface area contributed by atoms with Crippen LogP contribution >= 0.6 is 0 Å². The highest BCUT2D eigenvalue weighted by atomic mass is 16.2. The Balaban J connectivity index is 1.96. The summed E-state index contributed by atoms with van der Waals surface area (Å²) in [4.78, 5) is 16.8. The van der Waals surface area contributed by atoms with E-state index in [1.54, 1.807) is 0 Å². The van der Waals surface area contributed by atoms with E-state index >= 15 is 0 Å². The molecule has 1 saturated heterocycles. The summed E-state index contributed by atoms with van der Waals surface area (Å²) in [6.07, 6.45) is 0. The highest BCUT2D eigenvalue weighted by molar-refractivity contribution is 5.75. The van der Waals surface area contributed by atoms with Crippen LogP contribution in [0.1, 0.15) is 32.4 Å². The van der Waals surface area contributed by atoms with Crippen molar-refractivity contribution >= 4 is 6.03 Å². The van der Waals surface area contributed by atoms with Gasteiger partial charge in [0.2, 0.25) is 0 Å². The van der Waals surface area contributed by atoms with Crippen LogP contribution in [-0.4, -0.2) is 48.6 Å². The quantitative estimate of drug-likeness (QED) is 0.925. The lowest BCUT2D eigenvalue weighted by Crippen LogP contribution is -2.52. The maximum Gasteiger partial charge on any atom is 0.317 e. The zero-order chi connectivity index (χ0) is 15.2. The van der Waals surface area contributed by atoms with Crippen LogP contribution in [0, 0.1) is 5.92 Å². The molecule has 0 spiro atoms. The summed E-state index contributed by atoms with van der Waals surface area (Å²) in [6.45, 7) is 11.1. The van der Waals surface area contributed by atoms with Gasteiger partial charge in [-0.2, -0.15) is 0 Å². The Morgan fingerprint density at radius 1 is 1.14 bits per heavy atom. The molecule has 1 N–H and O–H groups in total. The average Bonchev–Trinajstić information content (AvgIpc) is 2.53. The summed E-state index contributed by atoms with van der Waals surface area (Å²) in [5.74, 6) is 0.369. The van der Waals surface area contributed by atoms with Crippen molar-refractivity contribution in [2.45, 2.75) is 26.8 Å². The zero-order valence-electron chi connectivity index (χ0n) is 13.4. The molecule has 0 aromatic heterocycles. The number of amides is 2. The smallest absolute Gasteiger partial charge is 0.317 e. The summed E-state index contributed by atoms with van der Waals surface area (Å²) in [5.41, 5.74) is 1.17. The molecule has 4 nitrogen and oxygen atoms in total. The van der Waals surface area contributed by atoms with Crippen LogP contribution in [0.15, 0.2) is 30.3 Å². The Morgan fingerprint density at radius 2 is 1.76 bits per heavy atom. The van der Waals surface area contributed by atoms with E-state index in [2.05, 4.69) is 43.1 Å². The molecular weight excluding hydrogens is 262 g/mol. The third kappa shape index (κ3) is 4.21. The minimum Gasteiger partial charge on any atom is -0.331 e. The predicted molar refractivity (Wildman–Crippen MR) is 86.2 cm³/mol. The van der Waals surface area contributed by atoms with Crippen LogP contribution in [0.25, 0.3) is 0 Å². The Morgan fingerprint density at radius 3 is 2.29 bits per heavy atom. The van der Waals surface area contributed by atoms with Crippen molar-refractivity contribution in [1.29, 1.82) is 0 Å². The van der Waals surface area contributed by atoms with Gasteiger partial charge in [-0.1, -0.05) is 51.1 Å². The second-order valence-corrected chi connectivity index (χ2v) is 6.00. The monoisotopic (exact) mass is 289 g/mol. The fourth-order valence-corrected chi connectivity index (χ4v) is 2.79. The van der Waals surface area contributed by atoms with Gasteiger partial charge in [0.15, 0.2) is 0 Å². The number of urea groups is 1. The lowest BCUT2D eigenvalue weighted by atomic mass is 9.96. The number of piperazine rings is 1. The predicted octanol–water partition coefficient (Wildman–Crippen LogP) is 2.73. The minimum atomic E-state index is 0.0632. The molecule has 2 rings (SSSR count). The summed E-state index contributed by atoms with van der Waals surface area (Å²) >= 11 is 0. The minimum absolute atomic E-state index is 0.0632. The number of nitrogens with one attached hydrogen (secondary N) is 1. The van der Waals surface area contributed by atoms with Gasteiger partial charge in [0, 0.05) is 26.2 Å². The molecule has 2 amide bonds. The lowest BCUT2D eigenvalue weighted by molar-refractivity contribution is 0.139. The van der Waals surface area contributed by atoms with E-state index in [0.29, 0.717) is 5.92 Å². The molecule has 0 radical (unpaired) electrons. The van der Waals surface area contributed by atoms with Crippen LogP contribution in [-0.2, 0) is 0 Å². The highest BCUT2D eigenvalue weighted by Crippen LogP contribution is 2.21. The van der Waals surface area contributed by atoms with Crippen LogP contribution in [0.4, 0.5) is 4.79 Å². The van der Waals surface area contributed by atoms with Crippen LogP contribution in [0.2, 0.25) is 0 Å². The Bertz CT molecular complexity index is 439. The molecule has 0 aliphatic carbocycles. The van der Waals surface area contributed by atoms with Crippen molar-refractivity contribution in [1.82, 2.24) is 15.1 Å². The Hall–Kier alpha value is -1.55. The van der Waals surface area contributed by atoms with Crippen molar-refractivity contribution < 1.29 is 4.79 Å². The average molecular weight is 289 g/mol. The van der Waals surface area contributed by atoms with Crippen LogP contribution in [0.5, 0.6) is 0 Å². The third-order valence-corrected chi connectivity index (χ3v) is 4.21. The van der Waals surface area contributed by atoms with Crippen molar-refractivity contribution in [3.8, 4) is 0 Å². The molecule has 1 aliphatic heterocycles. The molecular formula is C17H27N3O. The van der Waals surface area contributed by atoms with Gasteiger partial charge >= 0.3 is 6.03 Å². The van der Waals surface area contributed by atoms with Crippen molar-refractivity contribution in [3.05, 3.63) is 35.9 Å². The van der Waals surface area contributed by atoms with Gasteiger partial charge in [0.1, 0.15) is 0 Å². The molecule has 1 atom stereocenters. The fourth-order valence-electron chi connectivity index (χ4n) is 2.79. The number of likely N-dealkylation sites (N-methyl/N-ethyl adjacent to an activating group) is 1. The molecule has 1 heterocycles. The third-order valence-electron chi connectivity index (χ3n) is 4.21. The van der Waals surface area contributed by atoms with E-state index in [9.17, 15) is 4.79 Å². The number of hydrogen-bond acceptors (Lipinski definition) is 2. The first kappa shape index (κ1) is 15.8. The van der Waals surface area contributed by atoms with E-state index in [0.717, 1.165) is 32.7 Å². The summed E-state index contributed by atoms with van der Waals surface area (Å²) in [6, 6.07) is 10.4. The van der Waals surface area contributed by atoms with Gasteiger partial charge in [0.05, 0.1) is 6.04 Å². The van der Waals surface area contributed by atoms with Crippen LogP contribution < -0.4 is 5.32 Å². The van der Waals surface area contributed by atoms with Crippen LogP contribution in [0.3, 0.4) is 0 Å². The molecule has 1 aromatic rings. The number of carbonyl (C=O) groups excluding carboxylic acids is 1. The summed E-state index contributed by atoms with van der Waals surface area (Å²) in [7, 11) is 0. The Kier molecular flexibility index (Phi) is 5.62. The maximum absolute atomic E-state index is 12.5. The molecule has 0 bridgehead atoms. The van der Waals surface area contributed by atoms with E-state index < -0.39 is 0 Å². The first-order valence-electron chi connectivity index (χ1n) is 7.94.